The summed E-state index contributed by atoms with van der Waals surface area (Å²) in [7, 11) is 1.65. The summed E-state index contributed by atoms with van der Waals surface area (Å²) in [5.41, 5.74) is 15.8. The number of methoxy groups -OCH3 is 1. The molecule has 0 amide bonds. The van der Waals surface area contributed by atoms with Crippen molar-refractivity contribution in [3.63, 3.8) is 0 Å². The molecule has 6 nitrogen and oxygen atoms in total. The number of hydrogen-bond acceptors (Lipinski definition) is 6. The summed E-state index contributed by atoms with van der Waals surface area (Å²) in [6.07, 6.45) is 2.71. The van der Waals surface area contributed by atoms with E-state index in [4.69, 9.17) is 20.9 Å². The van der Waals surface area contributed by atoms with Crippen LogP contribution in [0, 0.1) is 12.3 Å². The molecule has 0 radical (unpaired) electrons. The molecule has 0 aliphatic rings. The Balaban J connectivity index is 1.96. The zero-order valence-electron chi connectivity index (χ0n) is 18.2. The minimum atomic E-state index is 0.196. The van der Waals surface area contributed by atoms with Gasteiger partial charge in [-0.25, -0.2) is 4.98 Å². The van der Waals surface area contributed by atoms with E-state index < -0.39 is 0 Å². The first kappa shape index (κ1) is 20.0. The first-order valence-corrected chi connectivity index (χ1v) is 10.1. The monoisotopic (exact) mass is 404 g/mol. The smallest absolute Gasteiger partial charge is 0.163 e. The molecular weight excluding hydrogens is 376 g/mol. The van der Waals surface area contributed by atoms with Gasteiger partial charge in [0.1, 0.15) is 5.82 Å². The van der Waals surface area contributed by atoms with E-state index in [0.29, 0.717) is 29.6 Å². The second-order valence-electron chi connectivity index (χ2n) is 8.90. The highest BCUT2D eigenvalue weighted by Crippen LogP contribution is 2.39. The first-order chi connectivity index (χ1) is 14.2. The topological polar surface area (TPSA) is 96.3 Å². The zero-order valence-corrected chi connectivity index (χ0v) is 18.2. The molecule has 30 heavy (non-hydrogen) atoms. The predicted molar refractivity (Wildman–Crippen MR) is 124 cm³/mol. The summed E-state index contributed by atoms with van der Waals surface area (Å²) >= 11 is 0. The van der Waals surface area contributed by atoms with Crippen molar-refractivity contribution in [3.8, 4) is 11.5 Å². The van der Waals surface area contributed by atoms with E-state index in [1.54, 1.807) is 13.3 Å². The van der Waals surface area contributed by atoms with Gasteiger partial charge >= 0.3 is 0 Å². The van der Waals surface area contributed by atoms with Gasteiger partial charge in [-0.3, -0.25) is 4.98 Å². The van der Waals surface area contributed by atoms with Crippen LogP contribution in [0.2, 0.25) is 0 Å². The molecule has 156 valence electrons. The molecule has 6 heteroatoms. The number of aromatic nitrogens is 2. The van der Waals surface area contributed by atoms with Crippen molar-refractivity contribution in [1.82, 2.24) is 9.97 Å². The molecule has 0 saturated carbocycles. The molecule has 2 heterocycles. The highest BCUT2D eigenvalue weighted by atomic mass is 16.5. The van der Waals surface area contributed by atoms with Crippen LogP contribution in [0.4, 0.5) is 11.5 Å². The van der Waals surface area contributed by atoms with E-state index in [-0.39, 0.29) is 5.41 Å². The van der Waals surface area contributed by atoms with Crippen molar-refractivity contribution in [2.24, 2.45) is 5.41 Å². The molecule has 0 unspecified atom stereocenters. The second kappa shape index (κ2) is 7.20. The van der Waals surface area contributed by atoms with Crippen molar-refractivity contribution in [2.75, 3.05) is 25.2 Å². The number of fused-ring (bicyclic) bond motifs is 5. The summed E-state index contributed by atoms with van der Waals surface area (Å²) in [6, 6.07) is 7.80. The largest absolute Gasteiger partial charge is 0.493 e. The molecule has 4 rings (SSSR count). The third kappa shape index (κ3) is 3.43. The summed E-state index contributed by atoms with van der Waals surface area (Å²) in [6.45, 7) is 9.15. The second-order valence-corrected chi connectivity index (χ2v) is 8.90. The van der Waals surface area contributed by atoms with Gasteiger partial charge in [-0.15, -0.1) is 0 Å². The molecule has 0 aliphatic carbocycles. The average Bonchev–Trinajstić information content (AvgIpc) is 2.69. The lowest BCUT2D eigenvalue weighted by Crippen LogP contribution is -2.11. The number of benzene rings is 2. The lowest BCUT2D eigenvalue weighted by Gasteiger charge is -2.19. The lowest BCUT2D eigenvalue weighted by atomic mass is 9.93. The van der Waals surface area contributed by atoms with Gasteiger partial charge in [0.15, 0.2) is 11.5 Å². The zero-order chi connectivity index (χ0) is 21.6. The fourth-order valence-corrected chi connectivity index (χ4v) is 3.67. The molecule has 0 fully saturated rings. The number of anilines is 2. The summed E-state index contributed by atoms with van der Waals surface area (Å²) in [5, 5.41) is 3.73. The van der Waals surface area contributed by atoms with Crippen molar-refractivity contribution < 1.29 is 9.47 Å². The Morgan fingerprint density at radius 3 is 2.47 bits per heavy atom. The molecule has 2 aromatic heterocycles. The molecule has 4 aromatic rings. The molecule has 2 aromatic carbocycles. The molecule has 0 spiro atoms. The van der Waals surface area contributed by atoms with Gasteiger partial charge in [0.25, 0.3) is 0 Å². The van der Waals surface area contributed by atoms with Gasteiger partial charge in [0, 0.05) is 39.5 Å². The van der Waals surface area contributed by atoms with Gasteiger partial charge in [-0.2, -0.15) is 0 Å². The Kier molecular flexibility index (Phi) is 4.80. The fraction of sp³-hybridized carbons (Fsp3) is 0.333. The Labute approximate surface area is 176 Å². The number of rotatable bonds is 4. The van der Waals surface area contributed by atoms with E-state index in [1.165, 1.54) is 0 Å². The van der Waals surface area contributed by atoms with E-state index in [1.807, 2.05) is 31.2 Å². The lowest BCUT2D eigenvalue weighted by molar-refractivity contribution is 0.234. The SMILES string of the molecule is COc1cc2c(cc1OCCC(C)(C)C)ncc1c(N)nc3c(C)c(N)ccc3c12. The quantitative estimate of drug-likeness (QED) is 0.357. The number of ether oxygens (including phenoxy) is 2. The van der Waals surface area contributed by atoms with E-state index in [9.17, 15) is 0 Å². The molecule has 0 saturated heterocycles. The van der Waals surface area contributed by atoms with Crippen molar-refractivity contribution in [1.29, 1.82) is 0 Å². The highest BCUT2D eigenvalue weighted by Gasteiger charge is 2.17. The van der Waals surface area contributed by atoms with Gasteiger partial charge in [0.05, 0.1) is 24.8 Å². The number of nitrogens with two attached hydrogens (primary N) is 2. The standard InChI is InChI=1S/C24H28N4O2/c1-13-17(25)7-6-14-21-15-10-19(29-5)20(30-9-8-24(2,3)4)11-18(15)27-12-16(21)23(26)28-22(13)14/h6-7,10-12H,8-9,25H2,1-5H3,(H2,26,28). The Morgan fingerprint density at radius 1 is 1.00 bits per heavy atom. The Bertz CT molecular complexity index is 1280. The molecule has 0 bridgehead atoms. The van der Waals surface area contributed by atoms with Crippen LogP contribution in [0.5, 0.6) is 11.5 Å². The molecule has 0 aliphatic heterocycles. The van der Waals surface area contributed by atoms with Gasteiger partial charge in [0.2, 0.25) is 0 Å². The average molecular weight is 405 g/mol. The predicted octanol–water partition coefficient (Wildman–Crippen LogP) is 5.23. The van der Waals surface area contributed by atoms with E-state index >= 15 is 0 Å². The molecule has 0 atom stereocenters. The normalized spacial score (nSPS) is 12.0. The number of pyridine rings is 2. The summed E-state index contributed by atoms with van der Waals surface area (Å²) in [4.78, 5) is 9.23. The van der Waals surface area contributed by atoms with E-state index in [2.05, 4.69) is 30.7 Å². The van der Waals surface area contributed by atoms with Crippen LogP contribution in [0.3, 0.4) is 0 Å². The van der Waals surface area contributed by atoms with Crippen LogP contribution in [-0.4, -0.2) is 23.7 Å². The van der Waals surface area contributed by atoms with Gasteiger partial charge < -0.3 is 20.9 Å². The highest BCUT2D eigenvalue weighted by molar-refractivity contribution is 6.21. The Hall–Kier alpha value is -3.28. The third-order valence-corrected chi connectivity index (χ3v) is 5.51. The van der Waals surface area contributed by atoms with Crippen LogP contribution in [0.1, 0.15) is 32.8 Å². The number of nitrogen functional groups attached to an aromatic ring is 2. The minimum Gasteiger partial charge on any atom is -0.493 e. The van der Waals surface area contributed by atoms with E-state index in [0.717, 1.165) is 44.6 Å². The van der Waals surface area contributed by atoms with Crippen LogP contribution >= 0.6 is 0 Å². The number of hydrogen-bond donors (Lipinski definition) is 2. The van der Waals surface area contributed by atoms with Gasteiger partial charge in [-0.1, -0.05) is 26.8 Å². The number of nitrogens with zero attached hydrogens (tertiary/aromatic N) is 2. The van der Waals surface area contributed by atoms with Crippen LogP contribution in [-0.2, 0) is 0 Å². The van der Waals surface area contributed by atoms with Crippen LogP contribution in [0.25, 0.3) is 32.6 Å². The summed E-state index contributed by atoms with van der Waals surface area (Å²) < 4.78 is 11.7. The first-order valence-electron chi connectivity index (χ1n) is 10.1. The molecule has 4 N–H and O–H groups in total. The molecular formula is C24H28N4O2. The maximum Gasteiger partial charge on any atom is 0.163 e. The number of aryl methyl sites for hydroxylation is 1. The van der Waals surface area contributed by atoms with Crippen LogP contribution in [0.15, 0.2) is 30.5 Å². The third-order valence-electron chi connectivity index (χ3n) is 5.51. The maximum absolute atomic E-state index is 6.29. The van der Waals surface area contributed by atoms with Crippen molar-refractivity contribution in [3.05, 3.63) is 36.0 Å². The maximum atomic E-state index is 6.29. The summed E-state index contributed by atoms with van der Waals surface area (Å²) in [5.74, 6) is 1.79. The Morgan fingerprint density at radius 2 is 1.77 bits per heavy atom. The van der Waals surface area contributed by atoms with Gasteiger partial charge in [-0.05, 0) is 36.5 Å². The van der Waals surface area contributed by atoms with Crippen LogP contribution < -0.4 is 20.9 Å². The fourth-order valence-electron chi connectivity index (χ4n) is 3.67. The van der Waals surface area contributed by atoms with Crippen molar-refractivity contribution in [2.45, 2.75) is 34.1 Å². The minimum absolute atomic E-state index is 0.196. The van der Waals surface area contributed by atoms with Crippen molar-refractivity contribution >= 4 is 44.1 Å².